The topological polar surface area (TPSA) is 132 Å². The lowest BCUT2D eigenvalue weighted by molar-refractivity contribution is -0.384. The van der Waals surface area contributed by atoms with Crippen molar-refractivity contribution < 1.29 is 24.0 Å². The maximum absolute atomic E-state index is 11.7. The molecular formula is C17H13N3O6. The Hall–Kier alpha value is -3.93. The van der Waals surface area contributed by atoms with Crippen molar-refractivity contribution in [1.82, 2.24) is 0 Å². The van der Waals surface area contributed by atoms with Crippen molar-refractivity contribution in [2.75, 3.05) is 18.5 Å². The SMILES string of the molecule is N#Cc1ccc(NC(=O)COC(=O)COc2ccc([N+](=O)[O-])cc2)cc1. The molecule has 26 heavy (non-hydrogen) atoms. The molecule has 0 fully saturated rings. The smallest absolute Gasteiger partial charge is 0.344 e. The second kappa shape index (κ2) is 8.79. The summed E-state index contributed by atoms with van der Waals surface area (Å²) in [5, 5.41) is 21.7. The van der Waals surface area contributed by atoms with Crippen LogP contribution in [0.2, 0.25) is 0 Å². The lowest BCUT2D eigenvalue weighted by Gasteiger charge is -2.08. The Morgan fingerprint density at radius 2 is 1.73 bits per heavy atom. The maximum Gasteiger partial charge on any atom is 0.344 e. The van der Waals surface area contributed by atoms with Gasteiger partial charge in [0.25, 0.3) is 11.6 Å². The summed E-state index contributed by atoms with van der Waals surface area (Å²) in [5.41, 5.74) is 0.824. The van der Waals surface area contributed by atoms with E-state index in [1.807, 2.05) is 6.07 Å². The summed E-state index contributed by atoms with van der Waals surface area (Å²) in [6.45, 7) is -0.940. The quantitative estimate of drug-likeness (QED) is 0.456. The van der Waals surface area contributed by atoms with Crippen LogP contribution in [0.3, 0.4) is 0 Å². The number of nitro benzene ring substituents is 1. The molecule has 1 amide bonds. The zero-order valence-corrected chi connectivity index (χ0v) is 13.4. The number of nitrogens with zero attached hydrogens (tertiary/aromatic N) is 2. The Morgan fingerprint density at radius 1 is 1.08 bits per heavy atom. The number of amides is 1. The molecule has 2 aromatic carbocycles. The van der Waals surface area contributed by atoms with Crippen molar-refractivity contribution >= 4 is 23.3 Å². The zero-order chi connectivity index (χ0) is 18.9. The second-order valence-electron chi connectivity index (χ2n) is 4.94. The molecule has 0 saturated carbocycles. The molecule has 0 radical (unpaired) electrons. The fraction of sp³-hybridized carbons (Fsp3) is 0.118. The van der Waals surface area contributed by atoms with Crippen LogP contribution in [0.5, 0.6) is 5.75 Å². The fourth-order valence-corrected chi connectivity index (χ4v) is 1.82. The first kappa shape index (κ1) is 18.4. The van der Waals surface area contributed by atoms with Crippen LogP contribution in [-0.4, -0.2) is 30.0 Å². The molecule has 132 valence electrons. The molecule has 9 heteroatoms. The largest absolute Gasteiger partial charge is 0.482 e. The van der Waals surface area contributed by atoms with Gasteiger partial charge in [0.05, 0.1) is 16.6 Å². The van der Waals surface area contributed by atoms with Crippen molar-refractivity contribution in [1.29, 1.82) is 5.26 Å². The molecule has 9 nitrogen and oxygen atoms in total. The van der Waals surface area contributed by atoms with Gasteiger partial charge in [-0.3, -0.25) is 14.9 Å². The number of carbonyl (C=O) groups is 2. The van der Waals surface area contributed by atoms with E-state index >= 15 is 0 Å². The van der Waals surface area contributed by atoms with E-state index in [0.717, 1.165) is 0 Å². The van der Waals surface area contributed by atoms with Crippen LogP contribution >= 0.6 is 0 Å². The van der Waals surface area contributed by atoms with Gasteiger partial charge < -0.3 is 14.8 Å². The number of hydrogen-bond acceptors (Lipinski definition) is 7. The molecule has 0 unspecified atom stereocenters. The molecule has 0 aliphatic rings. The number of esters is 1. The minimum absolute atomic E-state index is 0.0978. The molecule has 0 bridgehead atoms. The molecule has 2 aromatic rings. The molecule has 0 saturated heterocycles. The average Bonchev–Trinajstić information content (AvgIpc) is 2.65. The van der Waals surface area contributed by atoms with Crippen molar-refractivity contribution in [3.05, 3.63) is 64.2 Å². The number of nitro groups is 1. The molecular weight excluding hydrogens is 342 g/mol. The fourth-order valence-electron chi connectivity index (χ4n) is 1.82. The summed E-state index contributed by atoms with van der Waals surface area (Å²) >= 11 is 0. The van der Waals surface area contributed by atoms with E-state index in [2.05, 4.69) is 5.32 Å². The minimum Gasteiger partial charge on any atom is -0.482 e. The van der Waals surface area contributed by atoms with E-state index in [9.17, 15) is 19.7 Å². The normalized spacial score (nSPS) is 9.65. The Morgan fingerprint density at radius 3 is 2.31 bits per heavy atom. The summed E-state index contributed by atoms with van der Waals surface area (Å²) < 4.78 is 9.89. The molecule has 2 rings (SSSR count). The average molecular weight is 355 g/mol. The van der Waals surface area contributed by atoms with Crippen LogP contribution < -0.4 is 10.1 Å². The van der Waals surface area contributed by atoms with Gasteiger partial charge in [0, 0.05) is 17.8 Å². The van der Waals surface area contributed by atoms with E-state index < -0.39 is 30.0 Å². The van der Waals surface area contributed by atoms with Gasteiger partial charge in [-0.15, -0.1) is 0 Å². The van der Waals surface area contributed by atoms with Gasteiger partial charge in [0.1, 0.15) is 5.75 Å². The molecule has 0 heterocycles. The third-order valence-corrected chi connectivity index (χ3v) is 3.07. The molecule has 1 N–H and O–H groups in total. The highest BCUT2D eigenvalue weighted by atomic mass is 16.6. The van der Waals surface area contributed by atoms with Crippen LogP contribution in [0.4, 0.5) is 11.4 Å². The number of hydrogen-bond donors (Lipinski definition) is 1. The molecule has 0 aromatic heterocycles. The number of rotatable bonds is 7. The summed E-state index contributed by atoms with van der Waals surface area (Å²) in [6.07, 6.45) is 0. The zero-order valence-electron chi connectivity index (χ0n) is 13.4. The van der Waals surface area contributed by atoms with Crippen molar-refractivity contribution in [3.63, 3.8) is 0 Å². The van der Waals surface area contributed by atoms with E-state index in [0.29, 0.717) is 11.3 Å². The highest BCUT2D eigenvalue weighted by molar-refractivity contribution is 5.92. The van der Waals surface area contributed by atoms with Gasteiger partial charge in [-0.25, -0.2) is 4.79 Å². The van der Waals surface area contributed by atoms with Gasteiger partial charge >= 0.3 is 5.97 Å². The Bertz CT molecular complexity index is 840. The van der Waals surface area contributed by atoms with E-state index in [4.69, 9.17) is 14.7 Å². The first-order valence-electron chi connectivity index (χ1n) is 7.31. The summed E-state index contributed by atoms with van der Waals surface area (Å²) in [4.78, 5) is 33.2. The van der Waals surface area contributed by atoms with Gasteiger partial charge in [-0.1, -0.05) is 0 Å². The summed E-state index contributed by atoms with van der Waals surface area (Å²) in [5.74, 6) is -1.05. The van der Waals surface area contributed by atoms with Gasteiger partial charge in [0.15, 0.2) is 13.2 Å². The van der Waals surface area contributed by atoms with E-state index in [-0.39, 0.29) is 11.4 Å². The van der Waals surface area contributed by atoms with Crippen LogP contribution in [-0.2, 0) is 14.3 Å². The number of anilines is 1. The minimum atomic E-state index is -0.765. The third kappa shape index (κ3) is 5.61. The van der Waals surface area contributed by atoms with Crippen LogP contribution in [0.15, 0.2) is 48.5 Å². The molecule has 0 aliphatic carbocycles. The van der Waals surface area contributed by atoms with E-state index in [1.165, 1.54) is 24.3 Å². The number of carbonyl (C=O) groups excluding carboxylic acids is 2. The van der Waals surface area contributed by atoms with Crippen molar-refractivity contribution in [2.24, 2.45) is 0 Å². The Labute approximate surface area is 147 Å². The maximum atomic E-state index is 11.7. The monoisotopic (exact) mass is 355 g/mol. The number of nitrogens with one attached hydrogen (secondary N) is 1. The number of nitriles is 1. The standard InChI is InChI=1S/C17H13N3O6/c18-9-12-1-3-13(4-2-12)19-16(21)10-26-17(22)11-25-15-7-5-14(6-8-15)20(23)24/h1-8H,10-11H2,(H,19,21). The second-order valence-corrected chi connectivity index (χ2v) is 4.94. The van der Waals surface area contributed by atoms with Gasteiger partial charge in [-0.05, 0) is 36.4 Å². The Kier molecular flexibility index (Phi) is 6.23. The lowest BCUT2D eigenvalue weighted by atomic mass is 10.2. The highest BCUT2D eigenvalue weighted by Crippen LogP contribution is 2.17. The van der Waals surface area contributed by atoms with E-state index in [1.54, 1.807) is 24.3 Å². The lowest BCUT2D eigenvalue weighted by Crippen LogP contribution is -2.23. The highest BCUT2D eigenvalue weighted by Gasteiger charge is 2.10. The van der Waals surface area contributed by atoms with Gasteiger partial charge in [-0.2, -0.15) is 5.26 Å². The predicted octanol–water partition coefficient (Wildman–Crippen LogP) is 2.03. The van der Waals surface area contributed by atoms with Gasteiger partial charge in [0.2, 0.25) is 0 Å². The molecule has 0 aliphatic heterocycles. The summed E-state index contributed by atoms with van der Waals surface area (Å²) in [6, 6.07) is 13.3. The first-order valence-corrected chi connectivity index (χ1v) is 7.31. The Balaban J connectivity index is 1.72. The number of non-ortho nitro benzene ring substituents is 1. The van der Waals surface area contributed by atoms with Crippen molar-refractivity contribution in [3.8, 4) is 11.8 Å². The number of ether oxygens (including phenoxy) is 2. The molecule has 0 spiro atoms. The molecule has 0 atom stereocenters. The third-order valence-electron chi connectivity index (χ3n) is 3.07. The van der Waals surface area contributed by atoms with Crippen LogP contribution in [0.1, 0.15) is 5.56 Å². The summed E-state index contributed by atoms with van der Waals surface area (Å²) in [7, 11) is 0. The first-order chi connectivity index (χ1) is 12.5. The van der Waals surface area contributed by atoms with Crippen LogP contribution in [0, 0.1) is 21.4 Å². The predicted molar refractivity (Wildman–Crippen MR) is 89.3 cm³/mol. The van der Waals surface area contributed by atoms with Crippen LogP contribution in [0.25, 0.3) is 0 Å². The number of benzene rings is 2. The van der Waals surface area contributed by atoms with Crippen molar-refractivity contribution in [2.45, 2.75) is 0 Å².